The zero-order valence-corrected chi connectivity index (χ0v) is 22.3. The number of allylic oxidation sites excluding steroid dienone is 1. The molecule has 0 amide bonds. The van der Waals surface area contributed by atoms with Crippen molar-refractivity contribution in [3.63, 3.8) is 0 Å². The van der Waals surface area contributed by atoms with Gasteiger partial charge in [-0.25, -0.2) is 0 Å². The van der Waals surface area contributed by atoms with E-state index >= 15 is 0 Å². The number of hydrogen-bond donors (Lipinski definition) is 1. The van der Waals surface area contributed by atoms with Gasteiger partial charge in [-0.3, -0.25) is 14.4 Å². The van der Waals surface area contributed by atoms with Crippen LogP contribution >= 0.6 is 0 Å². The molecule has 0 bridgehead atoms. The number of aliphatic carboxylic acids is 1. The van der Waals surface area contributed by atoms with Crippen LogP contribution in [-0.2, 0) is 14.4 Å². The molecular formula is C30H44O4. The molecular weight excluding hydrogens is 424 g/mol. The van der Waals surface area contributed by atoms with Gasteiger partial charge in [-0.15, -0.1) is 0 Å². The van der Waals surface area contributed by atoms with Gasteiger partial charge in [0.2, 0.25) is 0 Å². The lowest BCUT2D eigenvalue weighted by Gasteiger charge is -2.71. The van der Waals surface area contributed by atoms with Crippen molar-refractivity contribution in [3.05, 3.63) is 11.1 Å². The van der Waals surface area contributed by atoms with E-state index in [1.807, 2.05) is 0 Å². The molecule has 5 aliphatic rings. The fourth-order valence-electron chi connectivity index (χ4n) is 10.7. The predicted molar refractivity (Wildman–Crippen MR) is 132 cm³/mol. The molecule has 188 valence electrons. The third-order valence-electron chi connectivity index (χ3n) is 12.6. The quantitative estimate of drug-likeness (QED) is 0.494. The summed E-state index contributed by atoms with van der Waals surface area (Å²) in [5.74, 6) is 0.898. The van der Waals surface area contributed by atoms with Gasteiger partial charge in [-0.2, -0.15) is 0 Å². The minimum atomic E-state index is -0.982. The molecule has 0 aromatic carbocycles. The van der Waals surface area contributed by atoms with E-state index in [-0.39, 0.29) is 45.7 Å². The van der Waals surface area contributed by atoms with E-state index in [9.17, 15) is 19.5 Å². The van der Waals surface area contributed by atoms with Gasteiger partial charge in [0, 0.05) is 18.3 Å². The highest BCUT2D eigenvalue weighted by atomic mass is 16.4. The van der Waals surface area contributed by atoms with Crippen LogP contribution in [0.4, 0.5) is 0 Å². The normalized spacial score (nSPS) is 47.7. The van der Waals surface area contributed by atoms with Crippen LogP contribution in [0, 0.1) is 50.7 Å². The van der Waals surface area contributed by atoms with E-state index in [0.717, 1.165) is 49.7 Å². The standard InChI is InChI=1S/C30H44O4/c1-17(2)23-19(31)16-30(25(33)34)15-14-28(6)18(24(23)30)8-9-21-27(5)12-11-22(32)26(3,4)20(27)10-13-29(21,28)7/h17-18,20-21H,8-16H2,1-7H3,(H,33,34). The summed E-state index contributed by atoms with van der Waals surface area (Å²) < 4.78 is 0. The molecule has 4 heteroatoms. The third-order valence-corrected chi connectivity index (χ3v) is 12.6. The number of carboxylic acids is 1. The Morgan fingerprint density at radius 3 is 2.18 bits per heavy atom. The maximum absolute atomic E-state index is 13.2. The smallest absolute Gasteiger partial charge is 0.314 e. The van der Waals surface area contributed by atoms with Crippen molar-refractivity contribution in [1.29, 1.82) is 0 Å². The SMILES string of the molecule is CC(C)C1=C2C3CCC4C5(C)CCC(=O)C(C)(C)C5CCC4(C)C3(C)CCC2(C(=O)O)CC1=O. The lowest BCUT2D eigenvalue weighted by atomic mass is 9.33. The Kier molecular flexibility index (Phi) is 5.04. The maximum Gasteiger partial charge on any atom is 0.314 e. The summed E-state index contributed by atoms with van der Waals surface area (Å²) in [5, 5.41) is 10.4. The molecule has 4 nitrogen and oxygen atoms in total. The van der Waals surface area contributed by atoms with Crippen molar-refractivity contribution in [2.45, 2.75) is 106 Å². The first-order valence-corrected chi connectivity index (χ1v) is 13.7. The van der Waals surface area contributed by atoms with Gasteiger partial charge in [0.15, 0.2) is 5.78 Å². The molecule has 7 atom stereocenters. The second kappa shape index (κ2) is 7.07. The summed E-state index contributed by atoms with van der Waals surface area (Å²) in [5.41, 5.74) is 0.814. The molecule has 0 aromatic rings. The van der Waals surface area contributed by atoms with Gasteiger partial charge in [0.25, 0.3) is 0 Å². The largest absolute Gasteiger partial charge is 0.481 e. The first-order chi connectivity index (χ1) is 15.7. The zero-order chi connectivity index (χ0) is 25.1. The van der Waals surface area contributed by atoms with Crippen LogP contribution in [0.5, 0.6) is 0 Å². The van der Waals surface area contributed by atoms with Crippen LogP contribution in [0.1, 0.15) is 106 Å². The molecule has 0 aromatic heterocycles. The highest BCUT2D eigenvalue weighted by Crippen LogP contribution is 2.76. The number of carboxylic acid groups (broad SMARTS) is 1. The molecule has 7 unspecified atom stereocenters. The van der Waals surface area contributed by atoms with Gasteiger partial charge in [-0.1, -0.05) is 48.5 Å². The zero-order valence-electron chi connectivity index (χ0n) is 22.3. The van der Waals surface area contributed by atoms with Crippen LogP contribution in [-0.4, -0.2) is 22.6 Å². The molecule has 5 aliphatic carbocycles. The molecule has 34 heavy (non-hydrogen) atoms. The lowest BCUT2D eigenvalue weighted by molar-refractivity contribution is -0.211. The fraction of sp³-hybridized carbons (Fsp3) is 0.833. The Labute approximate surface area is 205 Å². The molecule has 0 heterocycles. The van der Waals surface area contributed by atoms with Gasteiger partial charge < -0.3 is 5.11 Å². The second-order valence-corrected chi connectivity index (χ2v) is 14.2. The maximum atomic E-state index is 13.2. The van der Waals surface area contributed by atoms with Crippen molar-refractivity contribution >= 4 is 17.5 Å². The van der Waals surface area contributed by atoms with Crippen molar-refractivity contribution in [2.75, 3.05) is 0 Å². The van der Waals surface area contributed by atoms with Crippen molar-refractivity contribution in [2.24, 2.45) is 50.7 Å². The number of ketones is 2. The van der Waals surface area contributed by atoms with Crippen LogP contribution in [0.25, 0.3) is 0 Å². The third kappa shape index (κ3) is 2.64. The van der Waals surface area contributed by atoms with E-state index in [2.05, 4.69) is 48.5 Å². The molecule has 5 rings (SSSR count). The molecule has 1 N–H and O–H groups in total. The second-order valence-electron chi connectivity index (χ2n) is 14.2. The molecule has 0 aliphatic heterocycles. The number of Topliss-reactive ketones (excluding diaryl/α,β-unsaturated/α-hetero) is 2. The lowest BCUT2D eigenvalue weighted by Crippen LogP contribution is -2.65. The number of carbonyl (C=O) groups excluding carboxylic acids is 2. The van der Waals surface area contributed by atoms with Crippen LogP contribution in [0.2, 0.25) is 0 Å². The fourth-order valence-corrected chi connectivity index (χ4v) is 10.7. The van der Waals surface area contributed by atoms with E-state index in [1.165, 1.54) is 0 Å². The summed E-state index contributed by atoms with van der Waals surface area (Å²) in [6, 6.07) is 0. The monoisotopic (exact) mass is 468 g/mol. The first kappa shape index (κ1) is 24.3. The van der Waals surface area contributed by atoms with Crippen molar-refractivity contribution < 1.29 is 19.5 Å². The molecule has 0 spiro atoms. The van der Waals surface area contributed by atoms with Gasteiger partial charge in [-0.05, 0) is 96.0 Å². The first-order valence-electron chi connectivity index (χ1n) is 13.7. The summed E-state index contributed by atoms with van der Waals surface area (Å²) in [4.78, 5) is 38.9. The Hall–Kier alpha value is -1.45. The molecule has 0 radical (unpaired) electrons. The minimum Gasteiger partial charge on any atom is -0.481 e. The number of carbonyl (C=O) groups is 3. The van der Waals surface area contributed by atoms with Crippen molar-refractivity contribution in [3.8, 4) is 0 Å². The molecule has 4 fully saturated rings. The summed E-state index contributed by atoms with van der Waals surface area (Å²) in [6.07, 6.45) is 7.51. The number of rotatable bonds is 2. The minimum absolute atomic E-state index is 0.0193. The Morgan fingerprint density at radius 1 is 0.882 bits per heavy atom. The average Bonchev–Trinajstić information content (AvgIpc) is 3.05. The Morgan fingerprint density at radius 2 is 1.56 bits per heavy atom. The van der Waals surface area contributed by atoms with E-state index in [1.54, 1.807) is 0 Å². The summed E-state index contributed by atoms with van der Waals surface area (Å²) in [6.45, 7) is 15.9. The topological polar surface area (TPSA) is 71.4 Å². The van der Waals surface area contributed by atoms with Crippen LogP contribution in [0.15, 0.2) is 11.1 Å². The van der Waals surface area contributed by atoms with E-state index in [4.69, 9.17) is 0 Å². The molecule has 4 saturated carbocycles. The van der Waals surface area contributed by atoms with E-state index in [0.29, 0.717) is 30.5 Å². The van der Waals surface area contributed by atoms with Gasteiger partial charge >= 0.3 is 5.97 Å². The Bertz CT molecular complexity index is 1000. The average molecular weight is 469 g/mol. The molecule has 0 saturated heterocycles. The van der Waals surface area contributed by atoms with Crippen molar-refractivity contribution in [1.82, 2.24) is 0 Å². The number of fused-ring (bicyclic) bond motifs is 7. The van der Waals surface area contributed by atoms with E-state index < -0.39 is 11.4 Å². The number of hydrogen-bond acceptors (Lipinski definition) is 3. The highest BCUT2D eigenvalue weighted by Gasteiger charge is 2.70. The highest BCUT2D eigenvalue weighted by molar-refractivity contribution is 6.05. The predicted octanol–water partition coefficient (Wildman–Crippen LogP) is 6.62. The Balaban J connectivity index is 1.63. The summed E-state index contributed by atoms with van der Waals surface area (Å²) >= 11 is 0. The van der Waals surface area contributed by atoms with Crippen LogP contribution < -0.4 is 0 Å². The van der Waals surface area contributed by atoms with Gasteiger partial charge in [0.1, 0.15) is 5.78 Å². The summed E-state index contributed by atoms with van der Waals surface area (Å²) in [7, 11) is 0. The van der Waals surface area contributed by atoms with Crippen LogP contribution in [0.3, 0.4) is 0 Å². The van der Waals surface area contributed by atoms with Gasteiger partial charge in [0.05, 0.1) is 5.41 Å².